The van der Waals surface area contributed by atoms with E-state index in [1.807, 2.05) is 0 Å². The standard InChI is InChI=1S/C15H23NO2/c1-11-5-6-13(7-12(11)2)14(10-16)8-15(9-14,17-3)18-4/h5-7H,8-10,16H2,1-4H3. The highest BCUT2D eigenvalue weighted by Gasteiger charge is 2.56. The van der Waals surface area contributed by atoms with Gasteiger partial charge in [-0.3, -0.25) is 0 Å². The molecule has 18 heavy (non-hydrogen) atoms. The fourth-order valence-corrected chi connectivity index (χ4v) is 2.89. The molecule has 2 rings (SSSR count). The molecule has 0 saturated heterocycles. The van der Waals surface area contributed by atoms with Gasteiger partial charge in [0.05, 0.1) is 0 Å². The molecule has 1 aliphatic rings. The van der Waals surface area contributed by atoms with Crippen molar-refractivity contribution in [3.05, 3.63) is 34.9 Å². The first-order valence-electron chi connectivity index (χ1n) is 6.39. The van der Waals surface area contributed by atoms with Crippen molar-refractivity contribution >= 4 is 0 Å². The summed E-state index contributed by atoms with van der Waals surface area (Å²) < 4.78 is 11.0. The largest absolute Gasteiger partial charge is 0.353 e. The van der Waals surface area contributed by atoms with Crippen molar-refractivity contribution < 1.29 is 9.47 Å². The van der Waals surface area contributed by atoms with Gasteiger partial charge in [-0.1, -0.05) is 18.2 Å². The lowest BCUT2D eigenvalue weighted by Gasteiger charge is -2.54. The topological polar surface area (TPSA) is 44.5 Å². The summed E-state index contributed by atoms with van der Waals surface area (Å²) in [5.41, 5.74) is 9.94. The van der Waals surface area contributed by atoms with Crippen LogP contribution in [0.15, 0.2) is 18.2 Å². The van der Waals surface area contributed by atoms with Crippen LogP contribution in [0.1, 0.15) is 29.5 Å². The monoisotopic (exact) mass is 249 g/mol. The van der Waals surface area contributed by atoms with Crippen molar-refractivity contribution in [3.63, 3.8) is 0 Å². The molecule has 1 fully saturated rings. The fourth-order valence-electron chi connectivity index (χ4n) is 2.89. The number of hydrogen-bond donors (Lipinski definition) is 1. The zero-order valence-corrected chi connectivity index (χ0v) is 11.7. The maximum atomic E-state index is 6.01. The van der Waals surface area contributed by atoms with Crippen molar-refractivity contribution in [1.29, 1.82) is 0 Å². The Bertz CT molecular complexity index is 430. The van der Waals surface area contributed by atoms with Crippen molar-refractivity contribution in [2.24, 2.45) is 5.73 Å². The van der Waals surface area contributed by atoms with E-state index in [9.17, 15) is 0 Å². The molecule has 1 saturated carbocycles. The molecule has 0 bridgehead atoms. The molecule has 0 unspecified atom stereocenters. The van der Waals surface area contributed by atoms with Gasteiger partial charge in [0.15, 0.2) is 5.79 Å². The number of aryl methyl sites for hydroxylation is 2. The van der Waals surface area contributed by atoms with E-state index in [1.165, 1.54) is 16.7 Å². The number of nitrogens with two attached hydrogens (primary N) is 1. The summed E-state index contributed by atoms with van der Waals surface area (Å²) in [6.45, 7) is 4.90. The van der Waals surface area contributed by atoms with Crippen molar-refractivity contribution in [2.45, 2.75) is 37.9 Å². The molecule has 1 aliphatic carbocycles. The number of rotatable bonds is 4. The molecule has 3 heteroatoms. The average Bonchev–Trinajstić information content (AvgIpc) is 2.34. The Kier molecular flexibility index (Phi) is 3.49. The van der Waals surface area contributed by atoms with E-state index in [2.05, 4.69) is 32.0 Å². The van der Waals surface area contributed by atoms with Gasteiger partial charge in [-0.05, 0) is 30.5 Å². The summed E-state index contributed by atoms with van der Waals surface area (Å²) in [5.74, 6) is -0.446. The third-order valence-corrected chi connectivity index (χ3v) is 4.47. The van der Waals surface area contributed by atoms with Gasteiger partial charge in [-0.25, -0.2) is 0 Å². The highest BCUT2D eigenvalue weighted by molar-refractivity contribution is 5.37. The summed E-state index contributed by atoms with van der Waals surface area (Å²) in [5, 5.41) is 0. The zero-order chi connectivity index (χ0) is 13.4. The predicted molar refractivity (Wildman–Crippen MR) is 72.6 cm³/mol. The molecule has 2 N–H and O–H groups in total. The Morgan fingerprint density at radius 1 is 1.11 bits per heavy atom. The lowest BCUT2D eigenvalue weighted by molar-refractivity contribution is -0.277. The van der Waals surface area contributed by atoms with Crippen LogP contribution in [0.5, 0.6) is 0 Å². The van der Waals surface area contributed by atoms with E-state index in [0.29, 0.717) is 6.54 Å². The van der Waals surface area contributed by atoms with Gasteiger partial charge in [-0.2, -0.15) is 0 Å². The van der Waals surface area contributed by atoms with Gasteiger partial charge in [0.2, 0.25) is 0 Å². The Morgan fingerprint density at radius 3 is 2.17 bits per heavy atom. The lowest BCUT2D eigenvalue weighted by atomic mass is 9.60. The molecular weight excluding hydrogens is 226 g/mol. The molecule has 0 aromatic heterocycles. The molecule has 0 aliphatic heterocycles. The molecule has 0 radical (unpaired) electrons. The predicted octanol–water partition coefficient (Wildman–Crippen LogP) is 2.28. The highest BCUT2D eigenvalue weighted by atomic mass is 16.7. The minimum atomic E-state index is -0.446. The van der Waals surface area contributed by atoms with Crippen LogP contribution in [0, 0.1) is 13.8 Å². The number of hydrogen-bond acceptors (Lipinski definition) is 3. The van der Waals surface area contributed by atoms with Gasteiger partial charge in [0.1, 0.15) is 0 Å². The van der Waals surface area contributed by atoms with Gasteiger partial charge >= 0.3 is 0 Å². The van der Waals surface area contributed by atoms with Crippen LogP contribution in [0.25, 0.3) is 0 Å². The first kappa shape index (κ1) is 13.5. The van der Waals surface area contributed by atoms with Crippen LogP contribution in [-0.4, -0.2) is 26.6 Å². The van der Waals surface area contributed by atoms with Crippen molar-refractivity contribution in [1.82, 2.24) is 0 Å². The summed E-state index contributed by atoms with van der Waals surface area (Å²) in [4.78, 5) is 0. The quantitative estimate of drug-likeness (QED) is 0.833. The van der Waals surface area contributed by atoms with Gasteiger partial charge < -0.3 is 15.2 Å². The second kappa shape index (κ2) is 4.65. The van der Waals surface area contributed by atoms with Crippen LogP contribution in [0.2, 0.25) is 0 Å². The molecule has 1 aromatic rings. The van der Waals surface area contributed by atoms with Gasteiger partial charge in [-0.15, -0.1) is 0 Å². The molecular formula is C15H23NO2. The van der Waals surface area contributed by atoms with E-state index in [-0.39, 0.29) is 5.41 Å². The molecule has 0 heterocycles. The highest BCUT2D eigenvalue weighted by Crippen LogP contribution is 2.51. The van der Waals surface area contributed by atoms with E-state index >= 15 is 0 Å². The Labute approximate surface area is 109 Å². The number of benzene rings is 1. The van der Waals surface area contributed by atoms with Crippen LogP contribution < -0.4 is 5.73 Å². The molecule has 0 amide bonds. The maximum Gasteiger partial charge on any atom is 0.169 e. The van der Waals surface area contributed by atoms with Crippen LogP contribution in [-0.2, 0) is 14.9 Å². The van der Waals surface area contributed by atoms with E-state index in [4.69, 9.17) is 15.2 Å². The van der Waals surface area contributed by atoms with E-state index in [0.717, 1.165) is 12.8 Å². The Hall–Kier alpha value is -0.900. The minimum Gasteiger partial charge on any atom is -0.353 e. The number of methoxy groups -OCH3 is 2. The third kappa shape index (κ3) is 1.96. The average molecular weight is 249 g/mol. The first-order chi connectivity index (χ1) is 8.51. The molecule has 3 nitrogen and oxygen atoms in total. The number of ether oxygens (including phenoxy) is 2. The van der Waals surface area contributed by atoms with E-state index in [1.54, 1.807) is 14.2 Å². The summed E-state index contributed by atoms with van der Waals surface area (Å²) in [6.07, 6.45) is 1.65. The van der Waals surface area contributed by atoms with Crippen molar-refractivity contribution in [3.8, 4) is 0 Å². The summed E-state index contributed by atoms with van der Waals surface area (Å²) >= 11 is 0. The van der Waals surface area contributed by atoms with Crippen LogP contribution >= 0.6 is 0 Å². The fraction of sp³-hybridized carbons (Fsp3) is 0.600. The summed E-state index contributed by atoms with van der Waals surface area (Å²) in [6, 6.07) is 6.60. The molecule has 0 atom stereocenters. The Balaban J connectivity index is 2.28. The van der Waals surface area contributed by atoms with Crippen LogP contribution in [0.3, 0.4) is 0 Å². The smallest absolute Gasteiger partial charge is 0.169 e. The first-order valence-corrected chi connectivity index (χ1v) is 6.39. The summed E-state index contributed by atoms with van der Waals surface area (Å²) in [7, 11) is 3.40. The molecule has 0 spiro atoms. The normalized spacial score (nSPS) is 20.5. The lowest BCUT2D eigenvalue weighted by Crippen LogP contribution is -2.60. The Morgan fingerprint density at radius 2 is 1.72 bits per heavy atom. The van der Waals surface area contributed by atoms with Crippen molar-refractivity contribution in [2.75, 3.05) is 20.8 Å². The maximum absolute atomic E-state index is 6.01. The van der Waals surface area contributed by atoms with Crippen LogP contribution in [0.4, 0.5) is 0 Å². The zero-order valence-electron chi connectivity index (χ0n) is 11.7. The molecule has 1 aromatic carbocycles. The third-order valence-electron chi connectivity index (χ3n) is 4.47. The van der Waals surface area contributed by atoms with E-state index < -0.39 is 5.79 Å². The second-order valence-corrected chi connectivity index (χ2v) is 5.46. The van der Waals surface area contributed by atoms with Gasteiger partial charge in [0, 0.05) is 39.0 Å². The minimum absolute atomic E-state index is 0.00444. The molecule has 100 valence electrons. The second-order valence-electron chi connectivity index (χ2n) is 5.46. The van der Waals surface area contributed by atoms with Gasteiger partial charge in [0.25, 0.3) is 0 Å². The SMILES string of the molecule is COC1(OC)CC(CN)(c2ccc(C)c(C)c2)C1.